The second-order valence-electron chi connectivity index (χ2n) is 6.52. The van der Waals surface area contributed by atoms with Crippen LogP contribution in [0.25, 0.3) is 21.7 Å². The van der Waals surface area contributed by atoms with Crippen LogP contribution in [0.4, 0.5) is 0 Å². The molecule has 0 saturated carbocycles. The normalized spacial score (nSPS) is 11.6. The van der Waals surface area contributed by atoms with Gasteiger partial charge in [-0.05, 0) is 34.4 Å². The van der Waals surface area contributed by atoms with Crippen molar-refractivity contribution in [3.05, 3.63) is 84.1 Å². The molecule has 0 bridgehead atoms. The van der Waals surface area contributed by atoms with Gasteiger partial charge in [0.05, 0.1) is 0 Å². The van der Waals surface area contributed by atoms with Crippen LogP contribution in [0.3, 0.4) is 0 Å². The van der Waals surface area contributed by atoms with E-state index in [-0.39, 0.29) is 0 Å². The first-order chi connectivity index (χ1) is 11.2. The van der Waals surface area contributed by atoms with Crippen molar-refractivity contribution < 1.29 is 0 Å². The lowest BCUT2D eigenvalue weighted by molar-refractivity contribution is 0.710. The van der Waals surface area contributed by atoms with E-state index in [1.807, 2.05) is 0 Å². The lowest BCUT2D eigenvalue weighted by atomic mass is 10.1. The fourth-order valence-corrected chi connectivity index (χ4v) is 3.46. The highest BCUT2D eigenvalue weighted by atomic mass is 15.0. The van der Waals surface area contributed by atoms with Crippen molar-refractivity contribution in [3.8, 4) is 0 Å². The van der Waals surface area contributed by atoms with Crippen LogP contribution in [-0.4, -0.2) is 4.57 Å². The van der Waals surface area contributed by atoms with E-state index in [9.17, 15) is 0 Å². The van der Waals surface area contributed by atoms with Gasteiger partial charge in [0.1, 0.15) is 0 Å². The third kappa shape index (κ3) is 2.43. The van der Waals surface area contributed by atoms with E-state index in [4.69, 9.17) is 0 Å². The number of benzene rings is 3. The minimum atomic E-state index is 0.505. The second-order valence-corrected chi connectivity index (χ2v) is 6.52. The molecule has 4 rings (SSSR count). The predicted octanol–water partition coefficient (Wildman–Crippen LogP) is 5.97. The molecule has 3 aromatic carbocycles. The first-order valence-electron chi connectivity index (χ1n) is 8.29. The maximum absolute atomic E-state index is 2.47. The average molecular weight is 299 g/mol. The van der Waals surface area contributed by atoms with E-state index in [1.54, 1.807) is 0 Å². The number of hydrogen-bond acceptors (Lipinski definition) is 0. The molecule has 0 radical (unpaired) electrons. The fourth-order valence-electron chi connectivity index (χ4n) is 3.46. The summed E-state index contributed by atoms with van der Waals surface area (Å²) in [5, 5.41) is 4.02. The molecule has 4 aromatic rings. The molecule has 0 atom stereocenters. The van der Waals surface area contributed by atoms with Crippen LogP contribution >= 0.6 is 0 Å². The maximum Gasteiger partial charge on any atom is 0.0492 e. The molecular weight excluding hydrogens is 278 g/mol. The van der Waals surface area contributed by atoms with Crippen molar-refractivity contribution in [1.29, 1.82) is 0 Å². The van der Waals surface area contributed by atoms with Gasteiger partial charge in [-0.15, -0.1) is 0 Å². The summed E-state index contributed by atoms with van der Waals surface area (Å²) in [5.41, 5.74) is 4.08. The summed E-state index contributed by atoms with van der Waals surface area (Å²) < 4.78 is 2.47. The van der Waals surface area contributed by atoms with Crippen LogP contribution in [0.5, 0.6) is 0 Å². The summed E-state index contributed by atoms with van der Waals surface area (Å²) in [6.45, 7) is 5.48. The first-order valence-corrected chi connectivity index (χ1v) is 8.29. The second kappa shape index (κ2) is 5.58. The number of aromatic nitrogens is 1. The third-order valence-corrected chi connectivity index (χ3v) is 4.62. The molecular formula is C22H21N. The standard InChI is InChI=1S/C22H21N/c1-16(2)22-14-20-19-11-7-6-10-18(19)12-13-21(20)23(22)15-17-8-4-3-5-9-17/h3-14,16H,15H2,1-2H3. The fraction of sp³-hybridized carbons (Fsp3) is 0.182. The molecule has 1 nitrogen and oxygen atoms in total. The quantitative estimate of drug-likeness (QED) is 0.439. The Morgan fingerprint density at radius 2 is 1.52 bits per heavy atom. The Bertz CT molecular complexity index is 961. The van der Waals surface area contributed by atoms with Gasteiger partial charge >= 0.3 is 0 Å². The lowest BCUT2D eigenvalue weighted by Crippen LogP contribution is -2.05. The summed E-state index contributed by atoms with van der Waals surface area (Å²) in [5.74, 6) is 0.505. The van der Waals surface area contributed by atoms with Crippen LogP contribution in [0.2, 0.25) is 0 Å². The molecule has 1 aromatic heterocycles. The van der Waals surface area contributed by atoms with Gasteiger partial charge in [0.25, 0.3) is 0 Å². The van der Waals surface area contributed by atoms with Gasteiger partial charge in [0, 0.05) is 23.1 Å². The molecule has 0 N–H and O–H groups in total. The molecule has 1 heterocycles. The van der Waals surface area contributed by atoms with Crippen molar-refractivity contribution >= 4 is 21.7 Å². The Balaban J connectivity index is 1.97. The average Bonchev–Trinajstić information content (AvgIpc) is 2.95. The summed E-state index contributed by atoms with van der Waals surface area (Å²) in [6.07, 6.45) is 0. The highest BCUT2D eigenvalue weighted by molar-refractivity contribution is 6.07. The summed E-state index contributed by atoms with van der Waals surface area (Å²) in [6, 6.07) is 26.3. The van der Waals surface area contributed by atoms with Crippen LogP contribution in [0.15, 0.2) is 72.8 Å². The van der Waals surface area contributed by atoms with Gasteiger partial charge in [-0.3, -0.25) is 0 Å². The number of nitrogens with zero attached hydrogens (tertiary/aromatic N) is 1. The van der Waals surface area contributed by atoms with Crippen LogP contribution in [-0.2, 0) is 6.54 Å². The zero-order chi connectivity index (χ0) is 15.8. The lowest BCUT2D eigenvalue weighted by Gasteiger charge is -2.13. The highest BCUT2D eigenvalue weighted by Gasteiger charge is 2.13. The van der Waals surface area contributed by atoms with Crippen molar-refractivity contribution in [2.75, 3.05) is 0 Å². The molecule has 0 amide bonds. The molecule has 0 spiro atoms. The zero-order valence-corrected chi connectivity index (χ0v) is 13.7. The first kappa shape index (κ1) is 14.1. The van der Waals surface area contributed by atoms with Gasteiger partial charge in [-0.2, -0.15) is 0 Å². The van der Waals surface area contributed by atoms with E-state index in [1.165, 1.54) is 32.9 Å². The minimum absolute atomic E-state index is 0.505. The SMILES string of the molecule is CC(C)c1cc2c3ccccc3ccc2n1Cc1ccccc1. The monoisotopic (exact) mass is 299 g/mol. The summed E-state index contributed by atoms with van der Waals surface area (Å²) in [7, 11) is 0. The molecule has 0 fully saturated rings. The van der Waals surface area contributed by atoms with Crippen LogP contribution < -0.4 is 0 Å². The van der Waals surface area contributed by atoms with Crippen molar-refractivity contribution in [2.24, 2.45) is 0 Å². The predicted molar refractivity (Wildman–Crippen MR) is 99.1 cm³/mol. The Kier molecular flexibility index (Phi) is 3.42. The number of fused-ring (bicyclic) bond motifs is 3. The van der Waals surface area contributed by atoms with Gasteiger partial charge in [0.2, 0.25) is 0 Å². The zero-order valence-electron chi connectivity index (χ0n) is 13.7. The third-order valence-electron chi connectivity index (χ3n) is 4.62. The Hall–Kier alpha value is -2.54. The van der Waals surface area contributed by atoms with Crippen molar-refractivity contribution in [1.82, 2.24) is 4.57 Å². The van der Waals surface area contributed by atoms with Crippen molar-refractivity contribution in [3.63, 3.8) is 0 Å². The number of hydrogen-bond donors (Lipinski definition) is 0. The minimum Gasteiger partial charge on any atom is -0.340 e. The van der Waals surface area contributed by atoms with E-state index in [0.29, 0.717) is 5.92 Å². The van der Waals surface area contributed by atoms with Gasteiger partial charge in [0.15, 0.2) is 0 Å². The molecule has 23 heavy (non-hydrogen) atoms. The molecule has 0 unspecified atom stereocenters. The van der Waals surface area contributed by atoms with E-state index in [2.05, 4.69) is 91.2 Å². The molecule has 0 aliphatic carbocycles. The molecule has 114 valence electrons. The van der Waals surface area contributed by atoms with Gasteiger partial charge in [-0.25, -0.2) is 0 Å². The largest absolute Gasteiger partial charge is 0.340 e. The molecule has 0 aliphatic heterocycles. The summed E-state index contributed by atoms with van der Waals surface area (Å²) in [4.78, 5) is 0. The molecule has 0 saturated heterocycles. The van der Waals surface area contributed by atoms with Gasteiger partial charge in [-0.1, -0.05) is 74.5 Å². The van der Waals surface area contributed by atoms with E-state index >= 15 is 0 Å². The van der Waals surface area contributed by atoms with Gasteiger partial charge < -0.3 is 4.57 Å². The van der Waals surface area contributed by atoms with Crippen LogP contribution in [0.1, 0.15) is 31.0 Å². The topological polar surface area (TPSA) is 4.93 Å². The molecule has 0 aliphatic rings. The molecule has 1 heteroatoms. The van der Waals surface area contributed by atoms with Crippen molar-refractivity contribution in [2.45, 2.75) is 26.3 Å². The Morgan fingerprint density at radius 3 is 2.30 bits per heavy atom. The van der Waals surface area contributed by atoms with E-state index in [0.717, 1.165) is 6.54 Å². The highest BCUT2D eigenvalue weighted by Crippen LogP contribution is 2.31. The summed E-state index contributed by atoms with van der Waals surface area (Å²) >= 11 is 0. The Morgan fingerprint density at radius 1 is 0.783 bits per heavy atom. The van der Waals surface area contributed by atoms with Crippen LogP contribution in [0, 0.1) is 0 Å². The van der Waals surface area contributed by atoms with E-state index < -0.39 is 0 Å². The maximum atomic E-state index is 2.47. The number of rotatable bonds is 3. The smallest absolute Gasteiger partial charge is 0.0492 e. The Labute approximate surface area is 137 Å².